The van der Waals surface area contributed by atoms with Gasteiger partial charge in [-0.2, -0.15) is 0 Å². The maximum Gasteiger partial charge on any atom is 0.307 e. The predicted octanol–water partition coefficient (Wildman–Crippen LogP) is 2.85. The number of carbonyl (C=O) groups excluding carboxylic acids is 2. The lowest BCUT2D eigenvalue weighted by Crippen LogP contribution is -2.28. The molecule has 0 aliphatic heterocycles. The van der Waals surface area contributed by atoms with Gasteiger partial charge >= 0.3 is 5.97 Å². The molecule has 0 heterocycles. The number of hydrogen-bond donors (Lipinski definition) is 1. The van der Waals surface area contributed by atoms with E-state index in [1.165, 1.54) is 22.9 Å². The van der Waals surface area contributed by atoms with Gasteiger partial charge in [-0.05, 0) is 39.3 Å². The third-order valence-electron chi connectivity index (χ3n) is 2.72. The number of amides is 1. The van der Waals surface area contributed by atoms with Gasteiger partial charge in [-0.15, -0.1) is 11.8 Å². The van der Waals surface area contributed by atoms with Gasteiger partial charge < -0.3 is 10.1 Å². The average molecular weight is 309 g/mol. The molecule has 0 saturated carbocycles. The summed E-state index contributed by atoms with van der Waals surface area (Å²) in [7, 11) is 0. The smallest absolute Gasteiger partial charge is 0.307 e. The normalized spacial score (nSPS) is 10.5. The molecule has 0 aliphatic carbocycles. The van der Waals surface area contributed by atoms with Crippen LogP contribution in [0.4, 0.5) is 0 Å². The van der Waals surface area contributed by atoms with E-state index in [0.717, 1.165) is 4.90 Å². The summed E-state index contributed by atoms with van der Waals surface area (Å²) < 4.78 is 4.99. The van der Waals surface area contributed by atoms with Crippen molar-refractivity contribution in [2.45, 2.75) is 45.1 Å². The third kappa shape index (κ3) is 7.18. The minimum absolute atomic E-state index is 0.0711. The highest BCUT2D eigenvalue weighted by Gasteiger charge is 2.08. The van der Waals surface area contributed by atoms with Crippen molar-refractivity contribution < 1.29 is 14.3 Å². The molecule has 116 valence electrons. The van der Waals surface area contributed by atoms with Crippen LogP contribution in [0.2, 0.25) is 0 Å². The van der Waals surface area contributed by atoms with Crippen molar-refractivity contribution in [2.24, 2.45) is 0 Å². The first-order valence-electron chi connectivity index (χ1n) is 7.04. The summed E-state index contributed by atoms with van der Waals surface area (Å²) in [6, 6.07) is 6.19. The quantitative estimate of drug-likeness (QED) is 0.621. The second-order valence-corrected chi connectivity index (χ2v) is 6.21. The molecule has 1 aromatic rings. The van der Waals surface area contributed by atoms with Crippen molar-refractivity contribution in [1.82, 2.24) is 5.32 Å². The minimum atomic E-state index is -0.285. The van der Waals surface area contributed by atoms with Crippen molar-refractivity contribution in [3.05, 3.63) is 29.3 Å². The molecule has 0 spiro atoms. The molecular formula is C16H23NO3S. The van der Waals surface area contributed by atoms with Crippen LogP contribution in [0.25, 0.3) is 0 Å². The largest absolute Gasteiger partial charge is 0.463 e. The molecule has 0 saturated heterocycles. The zero-order valence-corrected chi connectivity index (χ0v) is 13.9. The van der Waals surface area contributed by atoms with Gasteiger partial charge in [0.25, 0.3) is 0 Å². The van der Waals surface area contributed by atoms with E-state index in [1.807, 2.05) is 13.8 Å². The molecule has 5 heteroatoms. The molecular weight excluding hydrogens is 286 g/mol. The van der Waals surface area contributed by atoms with Gasteiger partial charge in [-0.1, -0.05) is 17.7 Å². The number of benzene rings is 1. The van der Waals surface area contributed by atoms with Crippen molar-refractivity contribution in [1.29, 1.82) is 0 Å². The van der Waals surface area contributed by atoms with Gasteiger partial charge in [-0.25, -0.2) is 0 Å². The van der Waals surface area contributed by atoms with Gasteiger partial charge in [0.05, 0.1) is 18.3 Å². The van der Waals surface area contributed by atoms with Gasteiger partial charge in [0, 0.05) is 11.4 Å². The number of rotatable bonds is 7. The van der Waals surface area contributed by atoms with Crippen LogP contribution >= 0.6 is 11.8 Å². The number of nitrogens with one attached hydrogen (secondary N) is 1. The van der Waals surface area contributed by atoms with Crippen LogP contribution in [-0.2, 0) is 14.3 Å². The van der Waals surface area contributed by atoms with E-state index in [2.05, 4.69) is 23.5 Å². The van der Waals surface area contributed by atoms with Crippen LogP contribution in [0, 0.1) is 13.8 Å². The number of ether oxygens (including phenoxy) is 1. The fraction of sp³-hybridized carbons (Fsp3) is 0.500. The standard InChI is InChI=1S/C16H23NO3S/c1-11(2)20-16(19)7-8-17-15(18)10-21-14-9-12(3)5-6-13(14)4/h5-6,9,11H,7-8,10H2,1-4H3,(H,17,18). The molecule has 0 unspecified atom stereocenters. The highest BCUT2D eigenvalue weighted by molar-refractivity contribution is 8.00. The molecule has 0 aromatic heterocycles. The van der Waals surface area contributed by atoms with E-state index >= 15 is 0 Å². The average Bonchev–Trinajstić information content (AvgIpc) is 2.39. The fourth-order valence-corrected chi connectivity index (χ4v) is 2.64. The van der Waals surface area contributed by atoms with E-state index in [4.69, 9.17) is 4.74 Å². The Morgan fingerprint density at radius 2 is 2.00 bits per heavy atom. The Labute approximate surface area is 130 Å². The SMILES string of the molecule is Cc1ccc(C)c(SCC(=O)NCCC(=O)OC(C)C)c1. The van der Waals surface area contributed by atoms with Gasteiger partial charge in [0.15, 0.2) is 0 Å². The summed E-state index contributed by atoms with van der Waals surface area (Å²) in [6.45, 7) is 7.98. The summed E-state index contributed by atoms with van der Waals surface area (Å²) in [4.78, 5) is 24.2. The number of hydrogen-bond acceptors (Lipinski definition) is 4. The molecule has 1 amide bonds. The predicted molar refractivity (Wildman–Crippen MR) is 85.5 cm³/mol. The lowest BCUT2D eigenvalue weighted by atomic mass is 10.2. The van der Waals surface area contributed by atoms with E-state index in [0.29, 0.717) is 12.3 Å². The topological polar surface area (TPSA) is 55.4 Å². The molecule has 21 heavy (non-hydrogen) atoms. The maximum absolute atomic E-state index is 11.7. The van der Waals surface area contributed by atoms with Crippen LogP contribution in [0.1, 0.15) is 31.4 Å². The lowest BCUT2D eigenvalue weighted by molar-refractivity contribution is -0.147. The van der Waals surface area contributed by atoms with E-state index in [1.54, 1.807) is 13.8 Å². The fourth-order valence-electron chi connectivity index (χ4n) is 1.68. The molecule has 1 aromatic carbocycles. The molecule has 0 radical (unpaired) electrons. The zero-order chi connectivity index (χ0) is 15.8. The van der Waals surface area contributed by atoms with Gasteiger partial charge in [-0.3, -0.25) is 9.59 Å². The molecule has 4 nitrogen and oxygen atoms in total. The highest BCUT2D eigenvalue weighted by Crippen LogP contribution is 2.23. The first-order valence-corrected chi connectivity index (χ1v) is 8.03. The molecule has 0 aliphatic rings. The number of thioether (sulfide) groups is 1. The van der Waals surface area contributed by atoms with Gasteiger partial charge in [0.2, 0.25) is 5.91 Å². The van der Waals surface area contributed by atoms with Crippen LogP contribution in [-0.4, -0.2) is 30.3 Å². The summed E-state index contributed by atoms with van der Waals surface area (Å²) >= 11 is 1.51. The van der Waals surface area contributed by atoms with Crippen LogP contribution < -0.4 is 5.32 Å². The van der Waals surface area contributed by atoms with Crippen molar-refractivity contribution in [3.8, 4) is 0 Å². The molecule has 1 N–H and O–H groups in total. The Balaban J connectivity index is 2.28. The monoisotopic (exact) mass is 309 g/mol. The Bertz CT molecular complexity index is 500. The maximum atomic E-state index is 11.7. The van der Waals surface area contributed by atoms with Crippen LogP contribution in [0.15, 0.2) is 23.1 Å². The summed E-state index contributed by atoms with van der Waals surface area (Å²) in [5.74, 6) is -0.00509. The van der Waals surface area contributed by atoms with Crippen molar-refractivity contribution >= 4 is 23.6 Å². The first kappa shape index (κ1) is 17.6. The summed E-state index contributed by atoms with van der Waals surface area (Å²) in [5.41, 5.74) is 2.35. The van der Waals surface area contributed by atoms with Crippen molar-refractivity contribution in [2.75, 3.05) is 12.3 Å². The Kier molecular flexibility index (Phi) is 7.29. The van der Waals surface area contributed by atoms with Gasteiger partial charge in [0.1, 0.15) is 0 Å². The minimum Gasteiger partial charge on any atom is -0.463 e. The number of aryl methyl sites for hydroxylation is 2. The highest BCUT2D eigenvalue weighted by atomic mass is 32.2. The Morgan fingerprint density at radius 3 is 2.67 bits per heavy atom. The summed E-state index contributed by atoms with van der Waals surface area (Å²) in [5, 5.41) is 2.73. The Morgan fingerprint density at radius 1 is 1.29 bits per heavy atom. The van der Waals surface area contributed by atoms with Crippen LogP contribution in [0.5, 0.6) is 0 Å². The van der Waals surface area contributed by atoms with E-state index in [9.17, 15) is 9.59 Å². The molecule has 1 rings (SSSR count). The lowest BCUT2D eigenvalue weighted by Gasteiger charge is -2.09. The van der Waals surface area contributed by atoms with E-state index < -0.39 is 0 Å². The second-order valence-electron chi connectivity index (χ2n) is 5.20. The second kappa shape index (κ2) is 8.72. The number of carbonyl (C=O) groups is 2. The summed E-state index contributed by atoms with van der Waals surface area (Å²) in [6.07, 6.45) is 0.0889. The molecule has 0 fully saturated rings. The molecule has 0 bridgehead atoms. The number of esters is 1. The first-order chi connectivity index (χ1) is 9.88. The van der Waals surface area contributed by atoms with Crippen LogP contribution in [0.3, 0.4) is 0 Å². The third-order valence-corrected chi connectivity index (χ3v) is 3.88. The Hall–Kier alpha value is -1.49. The van der Waals surface area contributed by atoms with E-state index in [-0.39, 0.29) is 24.4 Å². The molecule has 0 atom stereocenters. The van der Waals surface area contributed by atoms with Crippen molar-refractivity contribution in [3.63, 3.8) is 0 Å². The zero-order valence-electron chi connectivity index (χ0n) is 13.1.